The average Bonchev–Trinajstić information content (AvgIpc) is 3.02. The Morgan fingerprint density at radius 2 is 1.27 bits per heavy atom. The minimum atomic E-state index is -0.621. The molecule has 1 amide bonds. The highest BCUT2D eigenvalue weighted by atomic mass is 16.5. The fraction of sp³-hybridized carbons (Fsp3) is 0.152. The number of carbonyl (C=O) groups is 2. The van der Waals surface area contributed by atoms with Gasteiger partial charge in [-0.15, -0.1) is 0 Å². The summed E-state index contributed by atoms with van der Waals surface area (Å²) in [5.41, 5.74) is 6.54. The van der Waals surface area contributed by atoms with E-state index in [2.05, 4.69) is 5.32 Å². The van der Waals surface area contributed by atoms with Crippen molar-refractivity contribution in [1.82, 2.24) is 15.3 Å². The number of ether oxygens (including phenoxy) is 3. The van der Waals surface area contributed by atoms with E-state index in [4.69, 9.17) is 24.2 Å². The third-order valence-electron chi connectivity index (χ3n) is 6.57. The molecule has 0 fully saturated rings. The van der Waals surface area contributed by atoms with Crippen LogP contribution in [0.2, 0.25) is 0 Å². The molecule has 0 radical (unpaired) electrons. The maximum Gasteiger partial charge on any atom is 0.338 e. The molecular weight excluding hydrogens is 518 g/mol. The standard InChI is InChI=1S/C33H29N3O5/c1-21-4-6-22(7-5-21)19-34-30(37)20-41-33(38)25-12-17-28-29(18-25)36-32(24-10-15-27(40-3)16-11-24)31(35-28)23-8-13-26(39-2)14-9-23/h4-18H,19-20H2,1-3H3,(H,34,37). The van der Waals surface area contributed by atoms with Crippen LogP contribution in [0.1, 0.15) is 21.5 Å². The van der Waals surface area contributed by atoms with Crippen molar-refractivity contribution in [3.05, 3.63) is 108 Å². The molecule has 4 aromatic carbocycles. The molecule has 1 aromatic heterocycles. The van der Waals surface area contributed by atoms with Gasteiger partial charge in [0.15, 0.2) is 6.61 Å². The number of aryl methyl sites for hydroxylation is 1. The first-order chi connectivity index (χ1) is 19.9. The number of methoxy groups -OCH3 is 2. The molecule has 0 saturated heterocycles. The SMILES string of the molecule is COc1ccc(-c2nc3ccc(C(=O)OCC(=O)NCc4ccc(C)cc4)cc3nc2-c2ccc(OC)cc2)cc1. The second-order valence-corrected chi connectivity index (χ2v) is 9.42. The average molecular weight is 548 g/mol. The summed E-state index contributed by atoms with van der Waals surface area (Å²) in [6.07, 6.45) is 0. The zero-order valence-corrected chi connectivity index (χ0v) is 23.0. The molecular formula is C33H29N3O5. The number of hydrogen-bond donors (Lipinski definition) is 1. The van der Waals surface area contributed by atoms with Crippen LogP contribution in [-0.4, -0.2) is 42.7 Å². The molecule has 0 unspecified atom stereocenters. The van der Waals surface area contributed by atoms with E-state index >= 15 is 0 Å². The molecule has 5 rings (SSSR count). The van der Waals surface area contributed by atoms with E-state index in [0.717, 1.165) is 33.8 Å². The van der Waals surface area contributed by atoms with Crippen LogP contribution >= 0.6 is 0 Å². The van der Waals surface area contributed by atoms with E-state index in [-0.39, 0.29) is 18.1 Å². The highest BCUT2D eigenvalue weighted by molar-refractivity contribution is 5.96. The molecule has 0 atom stereocenters. The van der Waals surface area contributed by atoms with Gasteiger partial charge >= 0.3 is 5.97 Å². The van der Waals surface area contributed by atoms with Crippen molar-refractivity contribution in [2.24, 2.45) is 0 Å². The number of nitrogens with one attached hydrogen (secondary N) is 1. The molecule has 0 aliphatic rings. The fourth-order valence-corrected chi connectivity index (χ4v) is 4.25. The Bertz CT molecular complexity index is 1680. The van der Waals surface area contributed by atoms with Crippen molar-refractivity contribution in [2.75, 3.05) is 20.8 Å². The zero-order valence-electron chi connectivity index (χ0n) is 23.0. The lowest BCUT2D eigenvalue weighted by Crippen LogP contribution is -2.28. The van der Waals surface area contributed by atoms with E-state index in [0.29, 0.717) is 29.0 Å². The molecule has 0 bridgehead atoms. The van der Waals surface area contributed by atoms with E-state index in [1.165, 1.54) is 0 Å². The predicted molar refractivity (Wildman–Crippen MR) is 157 cm³/mol. The van der Waals surface area contributed by atoms with Crippen LogP contribution in [0.4, 0.5) is 0 Å². The van der Waals surface area contributed by atoms with Crippen molar-refractivity contribution in [1.29, 1.82) is 0 Å². The second kappa shape index (κ2) is 12.3. The number of esters is 1. The van der Waals surface area contributed by atoms with E-state index in [1.807, 2.05) is 79.7 Å². The summed E-state index contributed by atoms with van der Waals surface area (Å²) in [5, 5.41) is 2.76. The molecule has 1 N–H and O–H groups in total. The number of nitrogens with zero attached hydrogens (tertiary/aromatic N) is 2. The molecule has 41 heavy (non-hydrogen) atoms. The second-order valence-electron chi connectivity index (χ2n) is 9.42. The largest absolute Gasteiger partial charge is 0.497 e. The van der Waals surface area contributed by atoms with Crippen LogP contribution < -0.4 is 14.8 Å². The summed E-state index contributed by atoms with van der Waals surface area (Å²) in [4.78, 5) is 34.9. The minimum absolute atomic E-state index is 0.274. The zero-order chi connectivity index (χ0) is 28.8. The maximum atomic E-state index is 12.8. The highest BCUT2D eigenvalue weighted by Gasteiger charge is 2.16. The lowest BCUT2D eigenvalue weighted by atomic mass is 10.0. The summed E-state index contributed by atoms with van der Waals surface area (Å²) >= 11 is 0. The molecule has 0 aliphatic heterocycles. The first-order valence-electron chi connectivity index (χ1n) is 13.0. The molecule has 5 aromatic rings. The van der Waals surface area contributed by atoms with Crippen molar-refractivity contribution < 1.29 is 23.8 Å². The summed E-state index contributed by atoms with van der Waals surface area (Å²) in [7, 11) is 3.23. The molecule has 0 saturated carbocycles. The van der Waals surface area contributed by atoms with Gasteiger partial charge in [0.25, 0.3) is 5.91 Å². The monoisotopic (exact) mass is 547 g/mol. The van der Waals surface area contributed by atoms with Crippen LogP contribution in [0, 0.1) is 6.92 Å². The van der Waals surface area contributed by atoms with Crippen molar-refractivity contribution in [3.63, 3.8) is 0 Å². The lowest BCUT2D eigenvalue weighted by Gasteiger charge is -2.12. The Labute approximate surface area is 237 Å². The van der Waals surface area contributed by atoms with Crippen LogP contribution in [0.5, 0.6) is 11.5 Å². The Balaban J connectivity index is 1.38. The first-order valence-corrected chi connectivity index (χ1v) is 13.0. The van der Waals surface area contributed by atoms with Gasteiger partial charge in [0.2, 0.25) is 0 Å². The Kier molecular flexibility index (Phi) is 8.20. The number of benzene rings is 4. The minimum Gasteiger partial charge on any atom is -0.497 e. The number of carbonyl (C=O) groups excluding carboxylic acids is 2. The quantitative estimate of drug-likeness (QED) is 0.234. The van der Waals surface area contributed by atoms with Crippen molar-refractivity contribution in [3.8, 4) is 34.0 Å². The Morgan fingerprint density at radius 3 is 1.83 bits per heavy atom. The van der Waals surface area contributed by atoms with Crippen LogP contribution in [-0.2, 0) is 16.1 Å². The topological polar surface area (TPSA) is 99.6 Å². The number of fused-ring (bicyclic) bond motifs is 1. The van der Waals surface area contributed by atoms with Gasteiger partial charge in [-0.05, 0) is 79.2 Å². The van der Waals surface area contributed by atoms with Crippen molar-refractivity contribution >= 4 is 22.9 Å². The van der Waals surface area contributed by atoms with Crippen LogP contribution in [0.25, 0.3) is 33.5 Å². The predicted octanol–water partition coefficient (Wildman–Crippen LogP) is 5.76. The molecule has 8 nitrogen and oxygen atoms in total. The lowest BCUT2D eigenvalue weighted by molar-refractivity contribution is -0.124. The Hall–Kier alpha value is -5.24. The Morgan fingerprint density at radius 1 is 0.707 bits per heavy atom. The first kappa shape index (κ1) is 27.3. The fourth-order valence-electron chi connectivity index (χ4n) is 4.25. The van der Waals surface area contributed by atoms with Gasteiger partial charge < -0.3 is 19.5 Å². The summed E-state index contributed by atoms with van der Waals surface area (Å²) in [5.74, 6) is 0.455. The van der Waals surface area contributed by atoms with Crippen LogP contribution in [0.3, 0.4) is 0 Å². The van der Waals surface area contributed by atoms with Gasteiger partial charge in [0.05, 0.1) is 42.2 Å². The van der Waals surface area contributed by atoms with Gasteiger partial charge in [0, 0.05) is 17.7 Å². The normalized spacial score (nSPS) is 10.7. The number of aromatic nitrogens is 2. The van der Waals surface area contributed by atoms with Gasteiger partial charge in [-0.3, -0.25) is 4.79 Å². The van der Waals surface area contributed by atoms with Crippen molar-refractivity contribution in [2.45, 2.75) is 13.5 Å². The van der Waals surface area contributed by atoms with E-state index < -0.39 is 5.97 Å². The summed E-state index contributed by atoms with van der Waals surface area (Å²) in [6, 6.07) is 27.9. The summed E-state index contributed by atoms with van der Waals surface area (Å²) in [6.45, 7) is 1.97. The van der Waals surface area contributed by atoms with E-state index in [1.54, 1.807) is 32.4 Å². The molecule has 0 aliphatic carbocycles. The van der Waals surface area contributed by atoms with Gasteiger partial charge in [-0.25, -0.2) is 14.8 Å². The smallest absolute Gasteiger partial charge is 0.338 e. The van der Waals surface area contributed by atoms with Gasteiger partial charge in [0.1, 0.15) is 11.5 Å². The van der Waals surface area contributed by atoms with Crippen LogP contribution in [0.15, 0.2) is 91.0 Å². The maximum absolute atomic E-state index is 12.8. The van der Waals surface area contributed by atoms with Gasteiger partial charge in [-0.2, -0.15) is 0 Å². The third-order valence-corrected chi connectivity index (χ3v) is 6.57. The molecule has 0 spiro atoms. The third kappa shape index (κ3) is 6.50. The number of rotatable bonds is 9. The van der Waals surface area contributed by atoms with Gasteiger partial charge in [-0.1, -0.05) is 29.8 Å². The number of amides is 1. The molecule has 206 valence electrons. The van der Waals surface area contributed by atoms with E-state index in [9.17, 15) is 9.59 Å². The molecule has 8 heteroatoms. The molecule has 1 heterocycles. The highest BCUT2D eigenvalue weighted by Crippen LogP contribution is 2.33. The number of hydrogen-bond acceptors (Lipinski definition) is 7. The summed E-state index contributed by atoms with van der Waals surface area (Å²) < 4.78 is 15.9.